The van der Waals surface area contributed by atoms with E-state index in [9.17, 15) is 4.79 Å². The van der Waals surface area contributed by atoms with E-state index in [2.05, 4.69) is 5.32 Å². The van der Waals surface area contributed by atoms with E-state index in [1.807, 2.05) is 18.2 Å². The van der Waals surface area contributed by atoms with Crippen LogP contribution in [0, 0.1) is 0 Å². The molecule has 0 aliphatic rings. The molecule has 0 radical (unpaired) electrons. The summed E-state index contributed by atoms with van der Waals surface area (Å²) in [4.78, 5) is 11.7. The van der Waals surface area contributed by atoms with E-state index in [1.165, 1.54) is 0 Å². The average Bonchev–Trinajstić information content (AvgIpc) is 2.27. The summed E-state index contributed by atoms with van der Waals surface area (Å²) in [7, 11) is 1.72. The number of esters is 1. The van der Waals surface area contributed by atoms with Crippen molar-refractivity contribution < 1.29 is 9.53 Å². The van der Waals surface area contributed by atoms with E-state index < -0.39 is 5.54 Å². The lowest BCUT2D eigenvalue weighted by Crippen LogP contribution is -2.45. The quantitative estimate of drug-likeness (QED) is 0.823. The molecule has 0 unspecified atom stereocenters. The zero-order chi connectivity index (χ0) is 12.2. The number of carbonyl (C=O) groups excluding carboxylic acids is 1. The summed E-state index contributed by atoms with van der Waals surface area (Å²) in [6, 6.07) is 7.30. The normalized spacial score (nSPS) is 11.2. The van der Waals surface area contributed by atoms with E-state index >= 15 is 0 Å². The van der Waals surface area contributed by atoms with Gasteiger partial charge in [0.1, 0.15) is 12.1 Å². The molecule has 0 saturated carbocycles. The van der Waals surface area contributed by atoms with Crippen LogP contribution in [0.1, 0.15) is 19.4 Å². The number of nitrogens with one attached hydrogen (secondary N) is 1. The van der Waals surface area contributed by atoms with Crippen LogP contribution in [0.25, 0.3) is 0 Å². The molecule has 3 nitrogen and oxygen atoms in total. The Morgan fingerprint density at radius 1 is 1.44 bits per heavy atom. The molecule has 4 heteroatoms. The standard InChI is InChI=1S/C12H16ClNO2/c1-12(2,14-3)11(15)16-8-9-6-4-5-7-10(9)13/h4-7,14H,8H2,1-3H3. The molecule has 0 aromatic heterocycles. The van der Waals surface area contributed by atoms with Crippen molar-refractivity contribution in [2.24, 2.45) is 0 Å². The third kappa shape index (κ3) is 3.22. The van der Waals surface area contributed by atoms with Crippen LogP contribution in [0.3, 0.4) is 0 Å². The maximum atomic E-state index is 11.7. The Kier molecular flexibility index (Phi) is 4.33. The zero-order valence-corrected chi connectivity index (χ0v) is 10.5. The first kappa shape index (κ1) is 13.0. The molecule has 1 aromatic carbocycles. The van der Waals surface area contributed by atoms with E-state index in [0.29, 0.717) is 5.02 Å². The van der Waals surface area contributed by atoms with Gasteiger partial charge in [-0.1, -0.05) is 29.8 Å². The lowest BCUT2D eigenvalue weighted by Gasteiger charge is -2.21. The van der Waals surface area contributed by atoms with Crippen molar-refractivity contribution in [1.29, 1.82) is 0 Å². The first-order valence-corrected chi connectivity index (χ1v) is 5.44. The van der Waals surface area contributed by atoms with Crippen LogP contribution < -0.4 is 5.32 Å². The van der Waals surface area contributed by atoms with Crippen molar-refractivity contribution in [3.63, 3.8) is 0 Å². The molecule has 0 aliphatic carbocycles. The minimum absolute atomic E-state index is 0.198. The van der Waals surface area contributed by atoms with Crippen LogP contribution in [-0.2, 0) is 16.1 Å². The number of benzene rings is 1. The average molecular weight is 242 g/mol. The maximum Gasteiger partial charge on any atom is 0.326 e. The molecular formula is C12H16ClNO2. The highest BCUT2D eigenvalue weighted by Crippen LogP contribution is 2.16. The minimum Gasteiger partial charge on any atom is -0.459 e. The first-order chi connectivity index (χ1) is 7.47. The van der Waals surface area contributed by atoms with Gasteiger partial charge in [0, 0.05) is 10.6 Å². The summed E-state index contributed by atoms with van der Waals surface area (Å²) in [5.74, 6) is -0.296. The second kappa shape index (κ2) is 5.32. The number of rotatable bonds is 4. The molecule has 88 valence electrons. The molecular weight excluding hydrogens is 226 g/mol. The van der Waals surface area contributed by atoms with Crippen LogP contribution in [0.5, 0.6) is 0 Å². The van der Waals surface area contributed by atoms with Crippen molar-refractivity contribution in [2.75, 3.05) is 7.05 Å². The number of hydrogen-bond donors (Lipinski definition) is 1. The topological polar surface area (TPSA) is 38.3 Å². The lowest BCUT2D eigenvalue weighted by atomic mass is 10.1. The number of ether oxygens (including phenoxy) is 1. The highest BCUT2D eigenvalue weighted by atomic mass is 35.5. The predicted octanol–water partition coefficient (Wildman–Crippen LogP) is 2.38. The second-order valence-electron chi connectivity index (χ2n) is 4.04. The van der Waals surface area contributed by atoms with E-state index in [0.717, 1.165) is 5.56 Å². The van der Waals surface area contributed by atoms with Gasteiger partial charge in [0.15, 0.2) is 0 Å². The number of halogens is 1. The number of likely N-dealkylation sites (N-methyl/N-ethyl adjacent to an activating group) is 1. The summed E-state index contributed by atoms with van der Waals surface area (Å²) in [5.41, 5.74) is 0.130. The van der Waals surface area contributed by atoms with Gasteiger partial charge in [-0.15, -0.1) is 0 Å². The summed E-state index contributed by atoms with van der Waals surface area (Å²) in [6.07, 6.45) is 0. The molecule has 0 aliphatic heterocycles. The SMILES string of the molecule is CNC(C)(C)C(=O)OCc1ccccc1Cl. The van der Waals surface area contributed by atoms with Gasteiger partial charge in [-0.25, -0.2) is 0 Å². The zero-order valence-electron chi connectivity index (χ0n) is 9.71. The molecule has 1 N–H and O–H groups in total. The second-order valence-corrected chi connectivity index (χ2v) is 4.45. The molecule has 0 saturated heterocycles. The lowest BCUT2D eigenvalue weighted by molar-refractivity contribution is -0.151. The molecule has 0 spiro atoms. The van der Waals surface area contributed by atoms with Crippen LogP contribution >= 0.6 is 11.6 Å². The molecule has 0 fully saturated rings. The van der Waals surface area contributed by atoms with Gasteiger partial charge >= 0.3 is 5.97 Å². The Morgan fingerprint density at radius 3 is 2.62 bits per heavy atom. The van der Waals surface area contributed by atoms with E-state index in [1.54, 1.807) is 27.0 Å². The number of hydrogen-bond acceptors (Lipinski definition) is 3. The molecule has 0 bridgehead atoms. The van der Waals surface area contributed by atoms with Crippen molar-refractivity contribution in [2.45, 2.75) is 26.0 Å². The van der Waals surface area contributed by atoms with Gasteiger partial charge in [-0.05, 0) is 27.0 Å². The minimum atomic E-state index is -0.679. The molecule has 0 atom stereocenters. The summed E-state index contributed by atoms with van der Waals surface area (Å²) < 4.78 is 5.18. The largest absolute Gasteiger partial charge is 0.459 e. The van der Waals surface area contributed by atoms with Gasteiger partial charge in [0.25, 0.3) is 0 Å². The molecule has 16 heavy (non-hydrogen) atoms. The van der Waals surface area contributed by atoms with Crippen LogP contribution in [0.4, 0.5) is 0 Å². The third-order valence-corrected chi connectivity index (χ3v) is 2.82. The Morgan fingerprint density at radius 2 is 2.06 bits per heavy atom. The highest BCUT2D eigenvalue weighted by molar-refractivity contribution is 6.31. The Balaban J connectivity index is 2.59. The summed E-state index contributed by atoms with van der Waals surface area (Å²) >= 11 is 5.95. The Bertz CT molecular complexity index is 377. The predicted molar refractivity (Wildman–Crippen MR) is 64.4 cm³/mol. The van der Waals surface area contributed by atoms with Crippen molar-refractivity contribution in [3.05, 3.63) is 34.9 Å². The van der Waals surface area contributed by atoms with Gasteiger partial charge < -0.3 is 10.1 Å². The van der Waals surface area contributed by atoms with Crippen molar-refractivity contribution in [1.82, 2.24) is 5.32 Å². The molecule has 1 aromatic rings. The summed E-state index contributed by atoms with van der Waals surface area (Å²) in [5, 5.41) is 3.49. The van der Waals surface area contributed by atoms with Gasteiger partial charge in [0.2, 0.25) is 0 Å². The first-order valence-electron chi connectivity index (χ1n) is 5.07. The van der Waals surface area contributed by atoms with Crippen molar-refractivity contribution in [3.8, 4) is 0 Å². The fourth-order valence-corrected chi connectivity index (χ4v) is 1.23. The van der Waals surface area contributed by atoms with Crippen LogP contribution in [0.15, 0.2) is 24.3 Å². The number of carbonyl (C=O) groups is 1. The molecule has 0 amide bonds. The van der Waals surface area contributed by atoms with Crippen LogP contribution in [0.2, 0.25) is 5.02 Å². The molecule has 1 rings (SSSR count). The Hall–Kier alpha value is -1.06. The van der Waals surface area contributed by atoms with E-state index in [4.69, 9.17) is 16.3 Å². The maximum absolute atomic E-state index is 11.7. The fraction of sp³-hybridized carbons (Fsp3) is 0.417. The highest BCUT2D eigenvalue weighted by Gasteiger charge is 2.26. The molecule has 0 heterocycles. The fourth-order valence-electron chi connectivity index (χ4n) is 1.04. The Labute approximate surface area is 101 Å². The van der Waals surface area contributed by atoms with E-state index in [-0.39, 0.29) is 12.6 Å². The van der Waals surface area contributed by atoms with Crippen molar-refractivity contribution >= 4 is 17.6 Å². The monoisotopic (exact) mass is 241 g/mol. The van der Waals surface area contributed by atoms with Gasteiger partial charge in [0.05, 0.1) is 0 Å². The van der Waals surface area contributed by atoms with Gasteiger partial charge in [-0.2, -0.15) is 0 Å². The third-order valence-electron chi connectivity index (χ3n) is 2.45. The van der Waals surface area contributed by atoms with Crippen LogP contribution in [-0.4, -0.2) is 18.6 Å². The summed E-state index contributed by atoms with van der Waals surface area (Å²) in [6.45, 7) is 3.73. The smallest absolute Gasteiger partial charge is 0.326 e. The van der Waals surface area contributed by atoms with Gasteiger partial charge in [-0.3, -0.25) is 4.79 Å².